The average Bonchev–Trinajstić information content (AvgIpc) is 2.61. The van der Waals surface area contributed by atoms with E-state index in [1.165, 1.54) is 25.8 Å². The third-order valence-corrected chi connectivity index (χ3v) is 3.36. The van der Waals surface area contributed by atoms with Gasteiger partial charge in [0.1, 0.15) is 0 Å². The molecule has 2 aliphatic rings. The van der Waals surface area contributed by atoms with Crippen LogP contribution in [0.15, 0.2) is 0 Å². The van der Waals surface area contributed by atoms with E-state index in [1.54, 1.807) is 0 Å². The number of ether oxygens (including phenoxy) is 1. The van der Waals surface area contributed by atoms with Gasteiger partial charge < -0.3 is 10.1 Å². The van der Waals surface area contributed by atoms with Crippen LogP contribution in [-0.2, 0) is 4.74 Å². The molecule has 1 N–H and O–H groups in total. The van der Waals surface area contributed by atoms with E-state index in [-0.39, 0.29) is 0 Å². The van der Waals surface area contributed by atoms with E-state index < -0.39 is 0 Å². The molecule has 2 rings (SSSR count). The van der Waals surface area contributed by atoms with Crippen molar-refractivity contribution in [2.75, 3.05) is 19.8 Å². The molecule has 2 saturated heterocycles. The summed E-state index contributed by atoms with van der Waals surface area (Å²) in [5.74, 6) is 1.74. The molecule has 2 heterocycles. The molecule has 0 bridgehead atoms. The van der Waals surface area contributed by atoms with E-state index in [1.807, 2.05) is 0 Å². The fourth-order valence-electron chi connectivity index (χ4n) is 2.69. The van der Waals surface area contributed by atoms with Gasteiger partial charge in [-0.2, -0.15) is 0 Å². The van der Waals surface area contributed by atoms with Crippen LogP contribution in [0.25, 0.3) is 0 Å². The highest BCUT2D eigenvalue weighted by atomic mass is 16.5. The molecule has 0 aromatic rings. The minimum absolute atomic E-state index is 0.379. The van der Waals surface area contributed by atoms with Crippen LogP contribution in [-0.4, -0.2) is 25.3 Å². The van der Waals surface area contributed by atoms with Crippen molar-refractivity contribution in [2.24, 2.45) is 11.8 Å². The Morgan fingerprint density at radius 3 is 2.77 bits per heavy atom. The van der Waals surface area contributed by atoms with Gasteiger partial charge in [0, 0.05) is 18.8 Å². The average molecular weight is 183 g/mol. The smallest absolute Gasteiger partial charge is 0.0495 e. The molecule has 2 atom stereocenters. The number of hydrogen-bond acceptors (Lipinski definition) is 2. The van der Waals surface area contributed by atoms with E-state index in [9.17, 15) is 0 Å². The van der Waals surface area contributed by atoms with Gasteiger partial charge in [0.2, 0.25) is 0 Å². The molecule has 0 aromatic carbocycles. The summed E-state index contributed by atoms with van der Waals surface area (Å²) in [6.45, 7) is 7.82. The second-order valence-corrected chi connectivity index (χ2v) is 5.30. The van der Waals surface area contributed by atoms with Gasteiger partial charge in [0.15, 0.2) is 0 Å². The van der Waals surface area contributed by atoms with E-state index >= 15 is 0 Å². The molecule has 2 nitrogen and oxygen atoms in total. The summed E-state index contributed by atoms with van der Waals surface area (Å²) in [5, 5.41) is 3.58. The quantitative estimate of drug-likeness (QED) is 0.705. The van der Waals surface area contributed by atoms with Crippen LogP contribution in [0, 0.1) is 11.8 Å². The summed E-state index contributed by atoms with van der Waals surface area (Å²) in [7, 11) is 0. The summed E-state index contributed by atoms with van der Waals surface area (Å²) in [5.41, 5.74) is 0.379. The van der Waals surface area contributed by atoms with Gasteiger partial charge in [-0.15, -0.1) is 0 Å². The van der Waals surface area contributed by atoms with E-state index in [4.69, 9.17) is 4.74 Å². The maximum atomic E-state index is 5.40. The van der Waals surface area contributed by atoms with Crippen molar-refractivity contribution >= 4 is 0 Å². The Morgan fingerprint density at radius 1 is 1.38 bits per heavy atom. The first-order valence-electron chi connectivity index (χ1n) is 5.48. The summed E-state index contributed by atoms with van der Waals surface area (Å²) in [4.78, 5) is 0. The SMILES string of the molecule is CC1(C)CC(CC2CCOC2)CN1. The van der Waals surface area contributed by atoms with Crippen LogP contribution in [0.4, 0.5) is 0 Å². The normalized spacial score (nSPS) is 38.3. The Balaban J connectivity index is 1.77. The third-order valence-electron chi connectivity index (χ3n) is 3.36. The van der Waals surface area contributed by atoms with Gasteiger partial charge in [-0.3, -0.25) is 0 Å². The molecule has 0 amide bonds. The van der Waals surface area contributed by atoms with Crippen molar-refractivity contribution < 1.29 is 4.74 Å². The predicted octanol–water partition coefficient (Wildman–Crippen LogP) is 1.80. The van der Waals surface area contributed by atoms with Gasteiger partial charge in [-0.1, -0.05) is 0 Å². The minimum Gasteiger partial charge on any atom is -0.381 e. The molecule has 13 heavy (non-hydrogen) atoms. The summed E-state index contributed by atoms with van der Waals surface area (Å²) < 4.78 is 5.40. The van der Waals surface area contributed by atoms with Crippen LogP contribution in [0.2, 0.25) is 0 Å². The molecule has 76 valence electrons. The van der Waals surface area contributed by atoms with E-state index in [0.717, 1.165) is 25.0 Å². The second-order valence-electron chi connectivity index (χ2n) is 5.30. The molecular weight excluding hydrogens is 162 g/mol. The van der Waals surface area contributed by atoms with Crippen LogP contribution < -0.4 is 5.32 Å². The molecule has 0 spiro atoms. The summed E-state index contributed by atoms with van der Waals surface area (Å²) in [6.07, 6.45) is 4.00. The first-order chi connectivity index (χ1) is 6.16. The van der Waals surface area contributed by atoms with Crippen LogP contribution in [0.5, 0.6) is 0 Å². The molecule has 0 aliphatic carbocycles. The standard InChI is InChI=1S/C11H21NO/c1-11(2)6-10(7-12-11)5-9-3-4-13-8-9/h9-10,12H,3-8H2,1-2H3. The van der Waals surface area contributed by atoms with Crippen molar-refractivity contribution in [1.82, 2.24) is 5.32 Å². The van der Waals surface area contributed by atoms with Gasteiger partial charge >= 0.3 is 0 Å². The van der Waals surface area contributed by atoms with Gasteiger partial charge in [0.05, 0.1) is 0 Å². The van der Waals surface area contributed by atoms with E-state index in [0.29, 0.717) is 5.54 Å². The molecule has 2 fully saturated rings. The van der Waals surface area contributed by atoms with Crippen molar-refractivity contribution in [3.63, 3.8) is 0 Å². The number of nitrogens with one attached hydrogen (secondary N) is 1. The summed E-state index contributed by atoms with van der Waals surface area (Å²) in [6, 6.07) is 0. The molecule has 0 aromatic heterocycles. The Hall–Kier alpha value is -0.0800. The lowest BCUT2D eigenvalue weighted by atomic mass is 9.89. The van der Waals surface area contributed by atoms with Crippen LogP contribution in [0.1, 0.15) is 33.1 Å². The van der Waals surface area contributed by atoms with Crippen molar-refractivity contribution in [3.05, 3.63) is 0 Å². The van der Waals surface area contributed by atoms with Crippen molar-refractivity contribution in [2.45, 2.75) is 38.6 Å². The molecule has 0 saturated carbocycles. The number of rotatable bonds is 2. The first-order valence-corrected chi connectivity index (χ1v) is 5.48. The van der Waals surface area contributed by atoms with E-state index in [2.05, 4.69) is 19.2 Å². The van der Waals surface area contributed by atoms with Gasteiger partial charge in [0.25, 0.3) is 0 Å². The second kappa shape index (κ2) is 3.58. The minimum atomic E-state index is 0.379. The van der Waals surface area contributed by atoms with Crippen molar-refractivity contribution in [3.8, 4) is 0 Å². The highest BCUT2D eigenvalue weighted by molar-refractivity contribution is 4.90. The number of hydrogen-bond donors (Lipinski definition) is 1. The highest BCUT2D eigenvalue weighted by Crippen LogP contribution is 2.30. The van der Waals surface area contributed by atoms with Gasteiger partial charge in [-0.25, -0.2) is 0 Å². The highest BCUT2D eigenvalue weighted by Gasteiger charge is 2.32. The molecule has 2 aliphatic heterocycles. The molecule has 2 heteroatoms. The molecular formula is C11H21NO. The first kappa shape index (κ1) is 9.47. The Kier molecular flexibility index (Phi) is 2.61. The Morgan fingerprint density at radius 2 is 2.23 bits per heavy atom. The zero-order valence-electron chi connectivity index (χ0n) is 8.81. The zero-order chi connectivity index (χ0) is 9.31. The zero-order valence-corrected chi connectivity index (χ0v) is 8.81. The fourth-order valence-corrected chi connectivity index (χ4v) is 2.69. The maximum Gasteiger partial charge on any atom is 0.0495 e. The lowest BCUT2D eigenvalue weighted by Gasteiger charge is -2.18. The van der Waals surface area contributed by atoms with Crippen LogP contribution in [0.3, 0.4) is 0 Å². The van der Waals surface area contributed by atoms with Gasteiger partial charge in [-0.05, 0) is 51.5 Å². The largest absolute Gasteiger partial charge is 0.381 e. The summed E-state index contributed by atoms with van der Waals surface area (Å²) >= 11 is 0. The Labute approximate surface area is 81.0 Å². The topological polar surface area (TPSA) is 21.3 Å². The Bertz CT molecular complexity index is 173. The van der Waals surface area contributed by atoms with Crippen molar-refractivity contribution in [1.29, 1.82) is 0 Å². The lowest BCUT2D eigenvalue weighted by molar-refractivity contribution is 0.180. The third kappa shape index (κ3) is 2.44. The maximum absolute atomic E-state index is 5.40. The lowest BCUT2D eigenvalue weighted by Crippen LogP contribution is -2.31. The monoisotopic (exact) mass is 183 g/mol. The predicted molar refractivity (Wildman–Crippen MR) is 53.7 cm³/mol. The molecule has 2 unspecified atom stereocenters. The molecule has 0 radical (unpaired) electrons. The van der Waals surface area contributed by atoms with Crippen LogP contribution >= 0.6 is 0 Å². The fraction of sp³-hybridized carbons (Fsp3) is 1.00.